The van der Waals surface area contributed by atoms with Crippen LogP contribution in [0, 0.1) is 17.5 Å². The van der Waals surface area contributed by atoms with E-state index in [-0.39, 0.29) is 11.7 Å². The summed E-state index contributed by atoms with van der Waals surface area (Å²) in [5, 5.41) is 0. The monoisotopic (exact) mass is 294 g/mol. The topological polar surface area (TPSA) is 26.3 Å². The van der Waals surface area contributed by atoms with Crippen molar-refractivity contribution in [2.45, 2.75) is 20.0 Å². The second-order valence-electron chi connectivity index (χ2n) is 4.76. The molecule has 0 aliphatic heterocycles. The summed E-state index contributed by atoms with van der Waals surface area (Å²) >= 11 is 0. The standard InChI is InChI=1S/C16H13F3O2/c1-9(2)21-12-5-3-10(4-6-12)16(20)15-13(18)7-11(17)8-14(15)19/h3-9H,1-2H3. The van der Waals surface area contributed by atoms with E-state index in [0.717, 1.165) is 0 Å². The van der Waals surface area contributed by atoms with Crippen molar-refractivity contribution in [3.8, 4) is 5.75 Å². The van der Waals surface area contributed by atoms with Crippen molar-refractivity contribution in [3.05, 3.63) is 65.0 Å². The molecule has 110 valence electrons. The first-order chi connectivity index (χ1) is 9.88. The molecule has 0 bridgehead atoms. The molecule has 2 nitrogen and oxygen atoms in total. The zero-order valence-electron chi connectivity index (χ0n) is 11.5. The Morgan fingerprint density at radius 3 is 2.00 bits per heavy atom. The zero-order valence-corrected chi connectivity index (χ0v) is 11.5. The van der Waals surface area contributed by atoms with E-state index < -0.39 is 28.8 Å². The first kappa shape index (κ1) is 15.1. The van der Waals surface area contributed by atoms with Crippen LogP contribution >= 0.6 is 0 Å². The Hall–Kier alpha value is -2.30. The summed E-state index contributed by atoms with van der Waals surface area (Å²) in [7, 11) is 0. The van der Waals surface area contributed by atoms with Gasteiger partial charge in [0.05, 0.1) is 11.7 Å². The van der Waals surface area contributed by atoms with E-state index in [0.29, 0.717) is 17.9 Å². The van der Waals surface area contributed by atoms with E-state index in [2.05, 4.69) is 0 Å². The molecule has 0 saturated carbocycles. The number of carbonyl (C=O) groups excluding carboxylic acids is 1. The highest BCUT2D eigenvalue weighted by Crippen LogP contribution is 2.21. The maximum Gasteiger partial charge on any atom is 0.198 e. The van der Waals surface area contributed by atoms with E-state index in [1.807, 2.05) is 13.8 Å². The predicted molar refractivity (Wildman–Crippen MR) is 72.0 cm³/mol. The van der Waals surface area contributed by atoms with Crippen LogP contribution in [0.5, 0.6) is 5.75 Å². The Labute approximate surface area is 120 Å². The predicted octanol–water partition coefficient (Wildman–Crippen LogP) is 4.12. The third-order valence-corrected chi connectivity index (χ3v) is 2.72. The molecule has 0 aliphatic carbocycles. The average Bonchev–Trinajstić information content (AvgIpc) is 2.37. The molecule has 0 aromatic heterocycles. The molecule has 0 unspecified atom stereocenters. The molecule has 0 fully saturated rings. The van der Waals surface area contributed by atoms with Gasteiger partial charge in [-0.3, -0.25) is 4.79 Å². The number of ketones is 1. The molecular weight excluding hydrogens is 281 g/mol. The fourth-order valence-corrected chi connectivity index (χ4v) is 1.86. The number of rotatable bonds is 4. The lowest BCUT2D eigenvalue weighted by Gasteiger charge is -2.10. The average molecular weight is 294 g/mol. The number of hydrogen-bond acceptors (Lipinski definition) is 2. The fraction of sp³-hybridized carbons (Fsp3) is 0.188. The van der Waals surface area contributed by atoms with Crippen LogP contribution in [0.2, 0.25) is 0 Å². The van der Waals surface area contributed by atoms with Crippen LogP contribution in [0.1, 0.15) is 29.8 Å². The fourth-order valence-electron chi connectivity index (χ4n) is 1.86. The smallest absolute Gasteiger partial charge is 0.198 e. The van der Waals surface area contributed by atoms with Crippen molar-refractivity contribution >= 4 is 5.78 Å². The van der Waals surface area contributed by atoms with E-state index in [4.69, 9.17) is 4.74 Å². The van der Waals surface area contributed by atoms with Crippen LogP contribution in [-0.4, -0.2) is 11.9 Å². The van der Waals surface area contributed by atoms with Gasteiger partial charge in [-0.15, -0.1) is 0 Å². The highest BCUT2D eigenvalue weighted by Gasteiger charge is 2.20. The highest BCUT2D eigenvalue weighted by atomic mass is 19.1. The molecule has 0 spiro atoms. The Bertz CT molecular complexity index is 641. The van der Waals surface area contributed by atoms with Gasteiger partial charge in [0.25, 0.3) is 0 Å². The van der Waals surface area contributed by atoms with Crippen LogP contribution in [-0.2, 0) is 0 Å². The summed E-state index contributed by atoms with van der Waals surface area (Å²) < 4.78 is 45.4. The number of carbonyl (C=O) groups is 1. The van der Waals surface area contributed by atoms with Gasteiger partial charge in [-0.05, 0) is 38.1 Å². The van der Waals surface area contributed by atoms with Crippen LogP contribution < -0.4 is 4.74 Å². The summed E-state index contributed by atoms with van der Waals surface area (Å²) in [4.78, 5) is 12.1. The summed E-state index contributed by atoms with van der Waals surface area (Å²) in [6.07, 6.45) is -0.0291. The minimum absolute atomic E-state index is 0.0291. The molecule has 21 heavy (non-hydrogen) atoms. The number of ether oxygens (including phenoxy) is 1. The minimum Gasteiger partial charge on any atom is -0.491 e. The summed E-state index contributed by atoms with van der Waals surface area (Å²) in [5.41, 5.74) is -0.676. The lowest BCUT2D eigenvalue weighted by molar-refractivity contribution is 0.103. The Morgan fingerprint density at radius 1 is 1.00 bits per heavy atom. The van der Waals surface area contributed by atoms with Crippen molar-refractivity contribution in [1.82, 2.24) is 0 Å². The van der Waals surface area contributed by atoms with Crippen molar-refractivity contribution in [2.24, 2.45) is 0 Å². The molecule has 0 N–H and O–H groups in total. The molecule has 2 aromatic carbocycles. The molecule has 0 atom stereocenters. The van der Waals surface area contributed by atoms with Gasteiger partial charge in [0.15, 0.2) is 5.78 Å². The van der Waals surface area contributed by atoms with E-state index in [1.54, 1.807) is 0 Å². The van der Waals surface area contributed by atoms with Gasteiger partial charge in [-0.2, -0.15) is 0 Å². The summed E-state index contributed by atoms with van der Waals surface area (Å²) in [6, 6.07) is 6.84. The Kier molecular flexibility index (Phi) is 4.31. The van der Waals surface area contributed by atoms with Crippen molar-refractivity contribution in [2.75, 3.05) is 0 Å². The second kappa shape index (κ2) is 5.99. The van der Waals surface area contributed by atoms with Crippen LogP contribution in [0.4, 0.5) is 13.2 Å². The normalized spacial score (nSPS) is 10.8. The largest absolute Gasteiger partial charge is 0.491 e. The molecule has 2 aromatic rings. The number of halogens is 3. The van der Waals surface area contributed by atoms with Gasteiger partial charge < -0.3 is 4.74 Å². The zero-order chi connectivity index (χ0) is 15.6. The number of benzene rings is 2. The molecule has 0 heterocycles. The van der Waals surface area contributed by atoms with E-state index in [9.17, 15) is 18.0 Å². The minimum atomic E-state index is -1.22. The third kappa shape index (κ3) is 3.42. The molecular formula is C16H13F3O2. The Balaban J connectivity index is 2.32. The van der Waals surface area contributed by atoms with Gasteiger partial charge in [0, 0.05) is 17.7 Å². The van der Waals surface area contributed by atoms with Crippen molar-refractivity contribution < 1.29 is 22.7 Å². The van der Waals surface area contributed by atoms with Gasteiger partial charge >= 0.3 is 0 Å². The van der Waals surface area contributed by atoms with E-state index >= 15 is 0 Å². The molecule has 0 radical (unpaired) electrons. The molecule has 0 amide bonds. The second-order valence-corrected chi connectivity index (χ2v) is 4.76. The van der Waals surface area contributed by atoms with Gasteiger partial charge in [0.1, 0.15) is 23.2 Å². The summed E-state index contributed by atoms with van der Waals surface area (Å²) in [5.74, 6) is -3.81. The quantitative estimate of drug-likeness (QED) is 0.793. The van der Waals surface area contributed by atoms with Gasteiger partial charge in [0.2, 0.25) is 0 Å². The van der Waals surface area contributed by atoms with Crippen LogP contribution in [0.3, 0.4) is 0 Å². The lowest BCUT2D eigenvalue weighted by atomic mass is 10.0. The van der Waals surface area contributed by atoms with Crippen LogP contribution in [0.15, 0.2) is 36.4 Å². The highest BCUT2D eigenvalue weighted by molar-refractivity contribution is 6.09. The number of hydrogen-bond donors (Lipinski definition) is 0. The molecule has 0 saturated heterocycles. The van der Waals surface area contributed by atoms with E-state index in [1.165, 1.54) is 24.3 Å². The first-order valence-corrected chi connectivity index (χ1v) is 6.34. The lowest BCUT2D eigenvalue weighted by Crippen LogP contribution is -2.09. The summed E-state index contributed by atoms with van der Waals surface area (Å²) in [6.45, 7) is 3.70. The Morgan fingerprint density at radius 2 is 1.52 bits per heavy atom. The molecule has 2 rings (SSSR count). The third-order valence-electron chi connectivity index (χ3n) is 2.72. The van der Waals surface area contributed by atoms with Gasteiger partial charge in [-0.25, -0.2) is 13.2 Å². The SMILES string of the molecule is CC(C)Oc1ccc(C(=O)c2c(F)cc(F)cc2F)cc1. The van der Waals surface area contributed by atoms with Crippen molar-refractivity contribution in [1.29, 1.82) is 0 Å². The van der Waals surface area contributed by atoms with Gasteiger partial charge in [-0.1, -0.05) is 0 Å². The van der Waals surface area contributed by atoms with Crippen molar-refractivity contribution in [3.63, 3.8) is 0 Å². The maximum absolute atomic E-state index is 13.6. The maximum atomic E-state index is 13.6. The first-order valence-electron chi connectivity index (χ1n) is 6.34. The molecule has 0 aliphatic rings. The molecule has 5 heteroatoms. The van der Waals surface area contributed by atoms with Crippen LogP contribution in [0.25, 0.3) is 0 Å².